The first kappa shape index (κ1) is 15.4. The summed E-state index contributed by atoms with van der Waals surface area (Å²) in [6, 6.07) is 0.193. The molecule has 1 amide bonds. The van der Waals surface area contributed by atoms with Gasteiger partial charge in [-0.3, -0.25) is 10.1 Å². The third-order valence-electron chi connectivity index (χ3n) is 4.00. The van der Waals surface area contributed by atoms with E-state index in [9.17, 15) is 4.79 Å². The number of rotatable bonds is 7. The maximum absolute atomic E-state index is 12.6. The Morgan fingerprint density at radius 3 is 2.56 bits per heavy atom. The van der Waals surface area contributed by atoms with Crippen molar-refractivity contribution in [1.29, 1.82) is 0 Å². The van der Waals surface area contributed by atoms with Crippen LogP contribution in [0, 0.1) is 0 Å². The average molecular weight is 256 g/mol. The van der Waals surface area contributed by atoms with Crippen molar-refractivity contribution in [1.82, 2.24) is 10.2 Å². The van der Waals surface area contributed by atoms with Gasteiger partial charge in [-0.1, -0.05) is 27.2 Å². The van der Waals surface area contributed by atoms with Gasteiger partial charge in [0, 0.05) is 7.11 Å². The topological polar surface area (TPSA) is 41.6 Å². The van der Waals surface area contributed by atoms with E-state index in [4.69, 9.17) is 4.74 Å². The van der Waals surface area contributed by atoms with Crippen LogP contribution in [0.1, 0.15) is 53.4 Å². The summed E-state index contributed by atoms with van der Waals surface area (Å²) in [7, 11) is 1.70. The van der Waals surface area contributed by atoms with Crippen LogP contribution in [-0.4, -0.2) is 42.3 Å². The highest BCUT2D eigenvalue weighted by atomic mass is 16.5. The second kappa shape index (κ2) is 6.53. The van der Waals surface area contributed by atoms with Gasteiger partial charge in [-0.2, -0.15) is 0 Å². The monoisotopic (exact) mass is 256 g/mol. The molecule has 1 aliphatic rings. The molecule has 3 unspecified atom stereocenters. The molecule has 1 heterocycles. The van der Waals surface area contributed by atoms with Gasteiger partial charge in [0.1, 0.15) is 0 Å². The van der Waals surface area contributed by atoms with E-state index in [0.717, 1.165) is 25.7 Å². The minimum absolute atomic E-state index is 0.147. The van der Waals surface area contributed by atoms with Crippen molar-refractivity contribution in [2.45, 2.75) is 71.1 Å². The fraction of sp³-hybridized carbons (Fsp3) is 0.929. The number of carbonyl (C=O) groups excluding carboxylic acids is 1. The minimum Gasteiger partial charge on any atom is -0.383 e. The number of amides is 1. The van der Waals surface area contributed by atoms with Gasteiger partial charge in [0.15, 0.2) is 0 Å². The van der Waals surface area contributed by atoms with E-state index in [1.165, 1.54) is 0 Å². The van der Waals surface area contributed by atoms with Crippen molar-refractivity contribution in [2.24, 2.45) is 0 Å². The van der Waals surface area contributed by atoms with E-state index >= 15 is 0 Å². The number of nitrogens with zero attached hydrogens (tertiary/aromatic N) is 1. The highest BCUT2D eigenvalue weighted by molar-refractivity contribution is 5.88. The summed E-state index contributed by atoms with van der Waals surface area (Å²) in [6.45, 7) is 8.96. The third-order valence-corrected chi connectivity index (χ3v) is 4.00. The van der Waals surface area contributed by atoms with Crippen LogP contribution in [0.5, 0.6) is 0 Å². The van der Waals surface area contributed by atoms with E-state index < -0.39 is 5.54 Å². The predicted molar refractivity (Wildman–Crippen MR) is 73.3 cm³/mol. The van der Waals surface area contributed by atoms with Gasteiger partial charge < -0.3 is 9.64 Å². The van der Waals surface area contributed by atoms with Crippen molar-refractivity contribution in [3.05, 3.63) is 0 Å². The molecular weight excluding hydrogens is 228 g/mol. The molecule has 1 N–H and O–H groups in total. The molecule has 106 valence electrons. The van der Waals surface area contributed by atoms with Crippen molar-refractivity contribution in [2.75, 3.05) is 13.7 Å². The fourth-order valence-electron chi connectivity index (χ4n) is 2.73. The number of methoxy groups -OCH3 is 1. The van der Waals surface area contributed by atoms with E-state index in [-0.39, 0.29) is 18.1 Å². The van der Waals surface area contributed by atoms with Crippen molar-refractivity contribution >= 4 is 5.91 Å². The molecule has 3 atom stereocenters. The van der Waals surface area contributed by atoms with Crippen LogP contribution in [-0.2, 0) is 9.53 Å². The standard InChI is InChI=1S/C14H28N2O2/c1-6-9-11(10-18-5)16-12(7-2)15-14(4,8-3)13(16)17/h11-12,15H,6-10H2,1-5H3. The van der Waals surface area contributed by atoms with Crippen LogP contribution < -0.4 is 5.32 Å². The molecule has 4 heteroatoms. The summed E-state index contributed by atoms with van der Waals surface area (Å²) in [5.41, 5.74) is -0.402. The molecule has 0 aromatic heterocycles. The van der Waals surface area contributed by atoms with Crippen LogP contribution in [0.15, 0.2) is 0 Å². The number of ether oxygens (including phenoxy) is 1. The quantitative estimate of drug-likeness (QED) is 0.759. The van der Waals surface area contributed by atoms with Crippen LogP contribution in [0.4, 0.5) is 0 Å². The largest absolute Gasteiger partial charge is 0.383 e. The molecule has 0 aromatic rings. The normalized spacial score (nSPS) is 29.9. The average Bonchev–Trinajstić information content (AvgIpc) is 2.62. The van der Waals surface area contributed by atoms with Crippen LogP contribution in [0.25, 0.3) is 0 Å². The maximum Gasteiger partial charge on any atom is 0.244 e. The van der Waals surface area contributed by atoms with Gasteiger partial charge in [0.05, 0.1) is 24.4 Å². The smallest absolute Gasteiger partial charge is 0.244 e. The Morgan fingerprint density at radius 1 is 1.44 bits per heavy atom. The molecule has 0 aliphatic carbocycles. The first-order valence-electron chi connectivity index (χ1n) is 7.13. The van der Waals surface area contributed by atoms with Gasteiger partial charge in [-0.15, -0.1) is 0 Å². The Bertz CT molecular complexity index is 277. The van der Waals surface area contributed by atoms with Crippen molar-refractivity contribution in [3.8, 4) is 0 Å². The Labute approximate surface area is 111 Å². The summed E-state index contributed by atoms with van der Waals surface area (Å²) in [5, 5.41) is 3.48. The van der Waals surface area contributed by atoms with Crippen molar-refractivity contribution in [3.63, 3.8) is 0 Å². The molecule has 0 spiro atoms. The summed E-state index contributed by atoms with van der Waals surface area (Å²) in [5.74, 6) is 0.229. The lowest BCUT2D eigenvalue weighted by molar-refractivity contribution is -0.136. The Kier molecular flexibility index (Phi) is 5.60. The zero-order chi connectivity index (χ0) is 13.8. The number of nitrogens with one attached hydrogen (secondary N) is 1. The van der Waals surface area contributed by atoms with Crippen LogP contribution in [0.3, 0.4) is 0 Å². The lowest BCUT2D eigenvalue weighted by Gasteiger charge is -2.32. The van der Waals surface area contributed by atoms with E-state index in [0.29, 0.717) is 6.61 Å². The predicted octanol–water partition coefficient (Wildman–Crippen LogP) is 2.14. The number of hydrogen-bond acceptors (Lipinski definition) is 3. The van der Waals surface area contributed by atoms with Crippen LogP contribution >= 0.6 is 0 Å². The Hall–Kier alpha value is -0.610. The van der Waals surface area contributed by atoms with Gasteiger partial charge in [0.25, 0.3) is 0 Å². The van der Waals surface area contributed by atoms with Gasteiger partial charge in [-0.25, -0.2) is 0 Å². The molecule has 1 saturated heterocycles. The summed E-state index contributed by atoms with van der Waals surface area (Å²) < 4.78 is 5.29. The highest BCUT2D eigenvalue weighted by Crippen LogP contribution is 2.28. The molecular formula is C14H28N2O2. The first-order chi connectivity index (χ1) is 8.53. The molecule has 1 fully saturated rings. The van der Waals surface area contributed by atoms with Gasteiger partial charge in [-0.05, 0) is 26.2 Å². The highest BCUT2D eigenvalue weighted by Gasteiger charge is 2.48. The zero-order valence-corrected chi connectivity index (χ0v) is 12.5. The molecule has 0 aromatic carbocycles. The maximum atomic E-state index is 12.6. The second-order valence-electron chi connectivity index (χ2n) is 5.36. The summed E-state index contributed by atoms with van der Waals surface area (Å²) >= 11 is 0. The first-order valence-corrected chi connectivity index (χ1v) is 7.13. The molecule has 18 heavy (non-hydrogen) atoms. The van der Waals surface area contributed by atoms with Gasteiger partial charge in [0.2, 0.25) is 5.91 Å². The van der Waals surface area contributed by atoms with Crippen LogP contribution in [0.2, 0.25) is 0 Å². The number of carbonyl (C=O) groups is 1. The van der Waals surface area contributed by atoms with E-state index in [1.54, 1.807) is 7.11 Å². The fourth-order valence-corrected chi connectivity index (χ4v) is 2.73. The van der Waals surface area contributed by atoms with E-state index in [1.807, 2.05) is 11.8 Å². The Balaban J connectivity index is 2.92. The molecule has 4 nitrogen and oxygen atoms in total. The molecule has 0 radical (unpaired) electrons. The zero-order valence-electron chi connectivity index (χ0n) is 12.5. The summed E-state index contributed by atoms with van der Waals surface area (Å²) in [4.78, 5) is 14.7. The SMILES string of the molecule is CCCC(COC)N1C(=O)C(C)(CC)NC1CC. The molecule has 1 rings (SSSR count). The number of hydrogen-bond donors (Lipinski definition) is 1. The molecule has 1 aliphatic heterocycles. The molecule has 0 saturated carbocycles. The lowest BCUT2D eigenvalue weighted by Crippen LogP contribution is -2.47. The van der Waals surface area contributed by atoms with Crippen molar-refractivity contribution < 1.29 is 9.53 Å². The lowest BCUT2D eigenvalue weighted by atomic mass is 9.98. The minimum atomic E-state index is -0.402. The summed E-state index contributed by atoms with van der Waals surface area (Å²) in [6.07, 6.45) is 3.97. The second-order valence-corrected chi connectivity index (χ2v) is 5.36. The molecule has 0 bridgehead atoms. The Morgan fingerprint density at radius 2 is 2.11 bits per heavy atom. The van der Waals surface area contributed by atoms with Gasteiger partial charge >= 0.3 is 0 Å². The third kappa shape index (κ3) is 2.86. The van der Waals surface area contributed by atoms with E-state index in [2.05, 4.69) is 26.1 Å².